The minimum atomic E-state index is -1.14. The number of carboxylic acid groups (broad SMARTS) is 1. The maximum Gasteiger partial charge on any atom is 0.334 e. The van der Waals surface area contributed by atoms with Crippen LogP contribution in [0.4, 0.5) is 4.79 Å². The zero-order valence-corrected chi connectivity index (χ0v) is 10.8. The van der Waals surface area contributed by atoms with E-state index in [-0.39, 0.29) is 24.9 Å². The van der Waals surface area contributed by atoms with Gasteiger partial charge in [0.15, 0.2) is 6.10 Å². The average molecular weight is 273 g/mol. The molecule has 108 valence electrons. The molecule has 1 fully saturated rings. The summed E-state index contributed by atoms with van der Waals surface area (Å²) in [5.41, 5.74) is 0. The lowest BCUT2D eigenvalue weighted by atomic mass is 10.3. The van der Waals surface area contributed by atoms with E-state index in [1.54, 1.807) is 0 Å². The topological polar surface area (TPSA) is 117 Å². The molecule has 0 aromatic heterocycles. The van der Waals surface area contributed by atoms with Crippen LogP contribution in [0.5, 0.6) is 0 Å². The fraction of sp³-hybridized carbons (Fsp3) is 0.727. The van der Waals surface area contributed by atoms with Crippen LogP contribution in [-0.4, -0.2) is 55.9 Å². The van der Waals surface area contributed by atoms with E-state index in [1.165, 1.54) is 7.11 Å². The molecule has 8 nitrogen and oxygen atoms in total. The molecule has 0 bridgehead atoms. The molecule has 0 spiro atoms. The highest BCUT2D eigenvalue weighted by Gasteiger charge is 2.28. The van der Waals surface area contributed by atoms with Crippen LogP contribution in [0.1, 0.15) is 12.8 Å². The first kappa shape index (κ1) is 15.2. The number of urea groups is 1. The molecule has 0 aliphatic heterocycles. The Morgan fingerprint density at radius 2 is 1.84 bits per heavy atom. The van der Waals surface area contributed by atoms with Crippen molar-refractivity contribution in [2.75, 3.05) is 26.7 Å². The van der Waals surface area contributed by atoms with Crippen LogP contribution in [0.15, 0.2) is 0 Å². The van der Waals surface area contributed by atoms with Gasteiger partial charge >= 0.3 is 12.0 Å². The van der Waals surface area contributed by atoms with Gasteiger partial charge in [0.25, 0.3) is 0 Å². The summed E-state index contributed by atoms with van der Waals surface area (Å²) in [7, 11) is 1.26. The average Bonchev–Trinajstić information content (AvgIpc) is 3.18. The summed E-state index contributed by atoms with van der Waals surface area (Å²) in [5.74, 6) is -0.973. The first-order valence-corrected chi connectivity index (χ1v) is 6.09. The van der Waals surface area contributed by atoms with E-state index in [1.807, 2.05) is 0 Å². The van der Waals surface area contributed by atoms with Gasteiger partial charge in [0, 0.05) is 26.1 Å². The number of hydrogen-bond acceptors (Lipinski definition) is 4. The van der Waals surface area contributed by atoms with Crippen LogP contribution >= 0.6 is 0 Å². The summed E-state index contributed by atoms with van der Waals surface area (Å²) >= 11 is 0. The molecule has 1 rings (SSSR count). The van der Waals surface area contributed by atoms with Crippen LogP contribution in [0.2, 0.25) is 0 Å². The summed E-state index contributed by atoms with van der Waals surface area (Å²) in [6.07, 6.45) is 0.807. The van der Waals surface area contributed by atoms with E-state index in [2.05, 4.69) is 20.7 Å². The summed E-state index contributed by atoms with van der Waals surface area (Å²) in [6.45, 7) is 0.524. The quantitative estimate of drug-likeness (QED) is 0.419. The van der Waals surface area contributed by atoms with Gasteiger partial charge in [-0.05, 0) is 12.8 Å². The van der Waals surface area contributed by atoms with Crippen molar-refractivity contribution in [3.8, 4) is 0 Å². The van der Waals surface area contributed by atoms with E-state index >= 15 is 0 Å². The lowest BCUT2D eigenvalue weighted by molar-refractivity contribution is -0.148. The molecule has 0 aromatic rings. The van der Waals surface area contributed by atoms with Crippen molar-refractivity contribution >= 4 is 17.9 Å². The summed E-state index contributed by atoms with van der Waals surface area (Å²) < 4.78 is 4.65. The van der Waals surface area contributed by atoms with E-state index < -0.39 is 18.1 Å². The van der Waals surface area contributed by atoms with Crippen molar-refractivity contribution in [3.63, 3.8) is 0 Å². The highest BCUT2D eigenvalue weighted by Crippen LogP contribution is 2.28. The zero-order chi connectivity index (χ0) is 14.3. The van der Waals surface area contributed by atoms with Gasteiger partial charge in [-0.3, -0.25) is 4.79 Å². The summed E-state index contributed by atoms with van der Waals surface area (Å²) in [5, 5.41) is 16.2. The van der Waals surface area contributed by atoms with Crippen LogP contribution < -0.4 is 16.0 Å². The van der Waals surface area contributed by atoms with Gasteiger partial charge in [0.1, 0.15) is 0 Å². The molecule has 0 saturated heterocycles. The van der Waals surface area contributed by atoms with E-state index in [9.17, 15) is 14.4 Å². The number of ether oxygens (including phenoxy) is 1. The molecule has 1 atom stereocenters. The lowest BCUT2D eigenvalue weighted by Crippen LogP contribution is -2.44. The van der Waals surface area contributed by atoms with Gasteiger partial charge in [-0.15, -0.1) is 0 Å². The summed E-state index contributed by atoms with van der Waals surface area (Å²) in [4.78, 5) is 33.2. The Balaban J connectivity index is 2.03. The molecule has 0 radical (unpaired) electrons. The smallest absolute Gasteiger partial charge is 0.334 e. The normalized spacial score (nSPS) is 15.4. The Morgan fingerprint density at radius 1 is 1.21 bits per heavy atom. The molecule has 0 aromatic carbocycles. The van der Waals surface area contributed by atoms with Crippen LogP contribution in [0.25, 0.3) is 0 Å². The number of amides is 3. The molecule has 1 unspecified atom stereocenters. The Bertz CT molecular complexity index is 343. The van der Waals surface area contributed by atoms with E-state index in [0.29, 0.717) is 6.54 Å². The number of aliphatic carboxylic acids is 1. The Morgan fingerprint density at radius 3 is 2.37 bits per heavy atom. The third kappa shape index (κ3) is 6.05. The van der Waals surface area contributed by atoms with Crippen LogP contribution in [-0.2, 0) is 14.3 Å². The van der Waals surface area contributed by atoms with Crippen molar-refractivity contribution < 1.29 is 24.2 Å². The van der Waals surface area contributed by atoms with Gasteiger partial charge in [-0.1, -0.05) is 0 Å². The largest absolute Gasteiger partial charge is 0.479 e. The van der Waals surface area contributed by atoms with Crippen molar-refractivity contribution in [2.45, 2.75) is 18.9 Å². The van der Waals surface area contributed by atoms with E-state index in [4.69, 9.17) is 5.11 Å². The molecular weight excluding hydrogens is 254 g/mol. The second kappa shape index (κ2) is 7.57. The maximum absolute atomic E-state index is 11.3. The van der Waals surface area contributed by atoms with Crippen molar-refractivity contribution in [3.05, 3.63) is 0 Å². The number of carbonyl (C=O) groups is 3. The van der Waals surface area contributed by atoms with Gasteiger partial charge in [0.2, 0.25) is 5.91 Å². The zero-order valence-electron chi connectivity index (χ0n) is 10.8. The minimum absolute atomic E-state index is 0.0209. The lowest BCUT2D eigenvalue weighted by Gasteiger charge is -2.12. The number of methoxy groups -OCH3 is 1. The highest BCUT2D eigenvalue weighted by atomic mass is 16.5. The van der Waals surface area contributed by atoms with Crippen LogP contribution in [0.3, 0.4) is 0 Å². The molecule has 0 heterocycles. The molecule has 19 heavy (non-hydrogen) atoms. The second-order valence-corrected chi connectivity index (χ2v) is 4.26. The molecule has 1 aliphatic carbocycles. The first-order valence-electron chi connectivity index (χ1n) is 6.09. The first-order chi connectivity index (χ1) is 9.04. The molecular formula is C11H19N3O5. The number of hydrogen-bond donors (Lipinski definition) is 4. The number of carboxylic acids is 1. The Labute approximate surface area is 110 Å². The number of rotatable bonds is 8. The summed E-state index contributed by atoms with van der Waals surface area (Å²) in [6, 6.07) is -0.496. The standard InChI is InChI=1S/C11H19N3O5/c1-19-8(10(16)17)6-14-11(18)13-5-4-12-9(15)7-2-3-7/h7-8H,2-6H2,1H3,(H,12,15)(H,16,17)(H2,13,14,18). The Kier molecular flexibility index (Phi) is 6.07. The third-order valence-corrected chi connectivity index (χ3v) is 2.67. The predicted octanol–water partition coefficient (Wildman–Crippen LogP) is -1.09. The SMILES string of the molecule is COC(CNC(=O)NCCNC(=O)C1CC1)C(=O)O. The van der Waals surface area contributed by atoms with Gasteiger partial charge < -0.3 is 25.8 Å². The second-order valence-electron chi connectivity index (χ2n) is 4.26. The predicted molar refractivity (Wildman–Crippen MR) is 65.6 cm³/mol. The van der Waals surface area contributed by atoms with Crippen molar-refractivity contribution in [2.24, 2.45) is 5.92 Å². The maximum atomic E-state index is 11.3. The van der Waals surface area contributed by atoms with Crippen LogP contribution in [0, 0.1) is 5.92 Å². The highest BCUT2D eigenvalue weighted by molar-refractivity contribution is 5.81. The minimum Gasteiger partial charge on any atom is -0.479 e. The third-order valence-electron chi connectivity index (χ3n) is 2.67. The Hall–Kier alpha value is -1.83. The number of carbonyl (C=O) groups excluding carboxylic acids is 2. The van der Waals surface area contributed by atoms with E-state index in [0.717, 1.165) is 12.8 Å². The fourth-order valence-corrected chi connectivity index (χ4v) is 1.37. The molecule has 8 heteroatoms. The fourth-order valence-electron chi connectivity index (χ4n) is 1.37. The number of nitrogens with one attached hydrogen (secondary N) is 3. The molecule has 4 N–H and O–H groups in total. The molecule has 1 saturated carbocycles. The molecule has 1 aliphatic rings. The van der Waals surface area contributed by atoms with Crippen molar-refractivity contribution in [1.29, 1.82) is 0 Å². The van der Waals surface area contributed by atoms with Crippen molar-refractivity contribution in [1.82, 2.24) is 16.0 Å². The molecule has 3 amide bonds. The van der Waals surface area contributed by atoms with Gasteiger partial charge in [-0.25, -0.2) is 9.59 Å². The van der Waals surface area contributed by atoms with Gasteiger partial charge in [0.05, 0.1) is 6.54 Å². The monoisotopic (exact) mass is 273 g/mol. The van der Waals surface area contributed by atoms with Gasteiger partial charge in [-0.2, -0.15) is 0 Å².